The third kappa shape index (κ3) is 4.32. The lowest BCUT2D eigenvalue weighted by Gasteiger charge is -2.08. The Morgan fingerprint density at radius 2 is 1.89 bits per heavy atom. The third-order valence-corrected chi connectivity index (χ3v) is 5.49. The van der Waals surface area contributed by atoms with Crippen molar-refractivity contribution in [2.75, 3.05) is 5.32 Å². The molecule has 9 nitrogen and oxygen atoms in total. The molecule has 0 unspecified atom stereocenters. The smallest absolute Gasteiger partial charge is 0.351 e. The lowest BCUT2D eigenvalue weighted by atomic mass is 10.2. The molecule has 9 heteroatoms. The molecule has 0 fully saturated rings. The van der Waals surface area contributed by atoms with Gasteiger partial charge in [0.15, 0.2) is 0 Å². The molecule has 0 bridgehead atoms. The van der Waals surface area contributed by atoms with E-state index in [1.54, 1.807) is 42.5 Å². The van der Waals surface area contributed by atoms with Gasteiger partial charge in [-0.05, 0) is 54.4 Å². The summed E-state index contributed by atoms with van der Waals surface area (Å²) in [5, 5.41) is 16.1. The number of nitrogens with zero attached hydrogens (tertiary/aromatic N) is 5. The maximum absolute atomic E-state index is 13.3. The number of aryl methyl sites for hydroxylation is 1. The second-order valence-corrected chi connectivity index (χ2v) is 7.85. The van der Waals surface area contributed by atoms with E-state index in [4.69, 9.17) is 10.00 Å². The maximum atomic E-state index is 13.3. The topological polar surface area (TPSA) is 114 Å². The van der Waals surface area contributed by atoms with Crippen molar-refractivity contribution in [1.82, 2.24) is 19.2 Å². The van der Waals surface area contributed by atoms with Gasteiger partial charge in [0.05, 0.1) is 22.7 Å². The highest BCUT2D eigenvalue weighted by Gasteiger charge is 2.19. The predicted octanol–water partition coefficient (Wildman–Crippen LogP) is 3.91. The van der Waals surface area contributed by atoms with Crippen molar-refractivity contribution < 1.29 is 9.53 Å². The third-order valence-electron chi connectivity index (χ3n) is 5.49. The monoisotopic (exact) mass is 464 g/mol. The fourth-order valence-corrected chi connectivity index (χ4v) is 3.75. The van der Waals surface area contributed by atoms with E-state index in [-0.39, 0.29) is 18.1 Å². The Labute approximate surface area is 199 Å². The van der Waals surface area contributed by atoms with Gasteiger partial charge < -0.3 is 10.1 Å². The molecule has 5 aromatic rings. The van der Waals surface area contributed by atoms with Gasteiger partial charge in [0.1, 0.15) is 12.3 Å². The lowest BCUT2D eigenvalue weighted by molar-refractivity contribution is -0.117. The van der Waals surface area contributed by atoms with Crippen molar-refractivity contribution in [3.8, 4) is 17.7 Å². The SMILES string of the molecule is CCc1ccc(Oc2nc3ccccc3n3c(=O)n(CC(=O)Nc4cccc(C#N)c4)nc23)cc1. The summed E-state index contributed by atoms with van der Waals surface area (Å²) < 4.78 is 8.48. The van der Waals surface area contributed by atoms with Crippen LogP contribution in [-0.4, -0.2) is 25.1 Å². The van der Waals surface area contributed by atoms with E-state index < -0.39 is 11.6 Å². The Bertz CT molecular complexity index is 1660. The first kappa shape index (κ1) is 21.9. The van der Waals surface area contributed by atoms with Gasteiger partial charge >= 0.3 is 5.69 Å². The zero-order valence-corrected chi connectivity index (χ0v) is 18.8. The molecule has 3 aromatic carbocycles. The number of rotatable bonds is 6. The maximum Gasteiger partial charge on any atom is 0.351 e. The van der Waals surface area contributed by atoms with Crippen molar-refractivity contribution in [3.05, 3.63) is 94.4 Å². The molecule has 1 amide bonds. The van der Waals surface area contributed by atoms with Crippen LogP contribution in [0.25, 0.3) is 16.7 Å². The Morgan fingerprint density at radius 1 is 1.09 bits per heavy atom. The number of nitrogens with one attached hydrogen (secondary N) is 1. The largest absolute Gasteiger partial charge is 0.436 e. The van der Waals surface area contributed by atoms with Crippen LogP contribution < -0.4 is 15.7 Å². The quantitative estimate of drug-likeness (QED) is 0.408. The molecular weight excluding hydrogens is 444 g/mol. The van der Waals surface area contributed by atoms with Crippen molar-refractivity contribution in [2.24, 2.45) is 0 Å². The molecule has 0 aliphatic rings. The fourth-order valence-electron chi connectivity index (χ4n) is 3.75. The highest BCUT2D eigenvalue weighted by molar-refractivity contribution is 5.90. The molecule has 0 atom stereocenters. The number of benzene rings is 3. The van der Waals surface area contributed by atoms with Gasteiger partial charge in [-0.1, -0.05) is 37.3 Å². The molecule has 0 aliphatic heterocycles. The van der Waals surface area contributed by atoms with E-state index in [0.29, 0.717) is 28.0 Å². The first-order chi connectivity index (χ1) is 17.1. The molecule has 35 heavy (non-hydrogen) atoms. The van der Waals surface area contributed by atoms with Crippen LogP contribution in [0.4, 0.5) is 5.69 Å². The van der Waals surface area contributed by atoms with Crippen LogP contribution in [0.1, 0.15) is 18.1 Å². The second kappa shape index (κ2) is 9.11. The number of fused-ring (bicyclic) bond motifs is 3. The van der Waals surface area contributed by atoms with E-state index in [0.717, 1.165) is 11.1 Å². The molecule has 172 valence electrons. The normalized spacial score (nSPS) is 10.9. The number of ether oxygens (including phenoxy) is 1. The van der Waals surface area contributed by atoms with Crippen LogP contribution in [0.3, 0.4) is 0 Å². The number of nitriles is 1. The standard InChI is InChI=1S/C26H20N6O3/c1-2-17-10-12-20(13-11-17)35-25-24-30-31(16-23(33)28-19-7-5-6-18(14-19)15-27)26(34)32(24)22-9-4-3-8-21(22)29-25/h3-14H,2,16H2,1H3,(H,28,33). The Morgan fingerprint density at radius 3 is 2.66 bits per heavy atom. The number of hydrogen-bond donors (Lipinski definition) is 1. The summed E-state index contributed by atoms with van der Waals surface area (Å²) in [5.74, 6) is 0.260. The zero-order chi connectivity index (χ0) is 24.4. The number of carbonyl (C=O) groups excluding carboxylic acids is 1. The van der Waals surface area contributed by atoms with E-state index in [1.807, 2.05) is 36.4 Å². The summed E-state index contributed by atoms with van der Waals surface area (Å²) in [6.45, 7) is 1.75. The Kier molecular flexibility index (Phi) is 5.69. The number of anilines is 1. The molecule has 2 aromatic heterocycles. The van der Waals surface area contributed by atoms with Gasteiger partial charge in [0.25, 0.3) is 5.88 Å². The van der Waals surface area contributed by atoms with Crippen molar-refractivity contribution >= 4 is 28.3 Å². The summed E-state index contributed by atoms with van der Waals surface area (Å²) in [5.41, 5.74) is 2.85. The van der Waals surface area contributed by atoms with Crippen molar-refractivity contribution in [1.29, 1.82) is 5.26 Å². The summed E-state index contributed by atoms with van der Waals surface area (Å²) in [7, 11) is 0. The van der Waals surface area contributed by atoms with Crippen molar-refractivity contribution in [3.63, 3.8) is 0 Å². The van der Waals surface area contributed by atoms with Crippen LogP contribution in [-0.2, 0) is 17.8 Å². The number of carbonyl (C=O) groups is 1. The number of para-hydroxylation sites is 2. The van der Waals surface area contributed by atoms with E-state index in [9.17, 15) is 9.59 Å². The molecule has 0 aliphatic carbocycles. The van der Waals surface area contributed by atoms with Gasteiger partial charge in [-0.15, -0.1) is 5.10 Å². The lowest BCUT2D eigenvalue weighted by Crippen LogP contribution is -2.28. The minimum atomic E-state index is -0.495. The summed E-state index contributed by atoms with van der Waals surface area (Å²) in [6.07, 6.45) is 0.904. The highest BCUT2D eigenvalue weighted by atomic mass is 16.5. The fraction of sp³-hybridized carbons (Fsp3) is 0.115. The minimum Gasteiger partial charge on any atom is -0.436 e. The van der Waals surface area contributed by atoms with E-state index in [2.05, 4.69) is 22.3 Å². The van der Waals surface area contributed by atoms with Crippen LogP contribution in [0, 0.1) is 11.3 Å². The van der Waals surface area contributed by atoms with Gasteiger partial charge in [-0.3, -0.25) is 4.79 Å². The zero-order valence-electron chi connectivity index (χ0n) is 18.8. The molecule has 0 radical (unpaired) electrons. The van der Waals surface area contributed by atoms with Gasteiger partial charge in [-0.25, -0.2) is 18.9 Å². The first-order valence-electron chi connectivity index (χ1n) is 11.0. The second-order valence-electron chi connectivity index (χ2n) is 7.85. The number of hydrogen-bond acceptors (Lipinski definition) is 6. The van der Waals surface area contributed by atoms with Crippen LogP contribution in [0.2, 0.25) is 0 Å². The highest BCUT2D eigenvalue weighted by Crippen LogP contribution is 2.26. The van der Waals surface area contributed by atoms with Gasteiger partial charge in [0.2, 0.25) is 11.6 Å². The van der Waals surface area contributed by atoms with Crippen LogP contribution in [0.15, 0.2) is 77.6 Å². The average molecular weight is 464 g/mol. The first-order valence-corrected chi connectivity index (χ1v) is 11.0. The van der Waals surface area contributed by atoms with Crippen LogP contribution >= 0.6 is 0 Å². The molecule has 0 saturated heterocycles. The van der Waals surface area contributed by atoms with Gasteiger partial charge in [-0.2, -0.15) is 5.26 Å². The number of amides is 1. The van der Waals surface area contributed by atoms with Crippen molar-refractivity contribution in [2.45, 2.75) is 19.9 Å². The molecule has 5 rings (SSSR count). The predicted molar refractivity (Wildman–Crippen MR) is 130 cm³/mol. The molecule has 2 heterocycles. The molecule has 1 N–H and O–H groups in total. The van der Waals surface area contributed by atoms with E-state index >= 15 is 0 Å². The van der Waals surface area contributed by atoms with Gasteiger partial charge in [0, 0.05) is 5.69 Å². The molecule has 0 saturated carbocycles. The summed E-state index contributed by atoms with van der Waals surface area (Å²) in [6, 6.07) is 23.3. The van der Waals surface area contributed by atoms with E-state index in [1.165, 1.54) is 9.96 Å². The minimum absolute atomic E-state index is 0.158. The Balaban J connectivity index is 1.53. The number of aromatic nitrogens is 4. The average Bonchev–Trinajstić information content (AvgIpc) is 3.21. The Hall–Kier alpha value is -4.97. The molecule has 0 spiro atoms. The summed E-state index contributed by atoms with van der Waals surface area (Å²) >= 11 is 0. The molecular formula is C26H20N6O3. The summed E-state index contributed by atoms with van der Waals surface area (Å²) in [4.78, 5) is 30.5. The van der Waals surface area contributed by atoms with Crippen LogP contribution in [0.5, 0.6) is 11.6 Å².